The van der Waals surface area contributed by atoms with Gasteiger partial charge in [-0.15, -0.1) is 0 Å². The van der Waals surface area contributed by atoms with E-state index in [1.165, 1.54) is 18.2 Å². The van der Waals surface area contributed by atoms with Crippen LogP contribution in [0.2, 0.25) is 0 Å². The van der Waals surface area contributed by atoms with Gasteiger partial charge >= 0.3 is 0 Å². The maximum Gasteiger partial charge on any atom is 0.240 e. The lowest BCUT2D eigenvalue weighted by Gasteiger charge is -2.13. The number of amides is 2. The number of hydrogen-bond donors (Lipinski definition) is 4. The molecule has 1 aromatic rings. The summed E-state index contributed by atoms with van der Waals surface area (Å²) in [5, 5.41) is 5.22. The smallest absolute Gasteiger partial charge is 0.240 e. The second-order valence-electron chi connectivity index (χ2n) is 5.82. The molecule has 2 fully saturated rings. The van der Waals surface area contributed by atoms with Crippen molar-refractivity contribution in [1.82, 2.24) is 21.5 Å². The fourth-order valence-corrected chi connectivity index (χ4v) is 2.59. The average Bonchev–Trinajstić information content (AvgIpc) is 3.26. The molecular weight excluding hydrogens is 306 g/mol. The molecule has 2 atom stereocenters. The Balaban J connectivity index is 1.49. The second kappa shape index (κ2) is 6.59. The van der Waals surface area contributed by atoms with Crippen molar-refractivity contribution in [3.63, 3.8) is 0 Å². The van der Waals surface area contributed by atoms with E-state index in [-0.39, 0.29) is 29.8 Å². The molecule has 1 saturated carbocycles. The summed E-state index contributed by atoms with van der Waals surface area (Å²) in [6.07, 6.45) is 1.57. The van der Waals surface area contributed by atoms with Crippen LogP contribution in [0.25, 0.3) is 0 Å². The molecule has 4 N–H and O–H groups in total. The van der Waals surface area contributed by atoms with Gasteiger partial charge in [-0.1, -0.05) is 6.07 Å². The quantitative estimate of drug-likeness (QED) is 0.635. The lowest BCUT2D eigenvalue weighted by Crippen LogP contribution is -2.47. The molecule has 1 aliphatic carbocycles. The molecule has 1 heterocycles. The van der Waals surface area contributed by atoms with Crippen molar-refractivity contribution in [3.05, 3.63) is 35.4 Å². The molecule has 8 heteroatoms. The van der Waals surface area contributed by atoms with Gasteiger partial charge in [0.15, 0.2) is 0 Å². The van der Waals surface area contributed by atoms with Crippen LogP contribution in [0.15, 0.2) is 18.2 Å². The van der Waals surface area contributed by atoms with Crippen LogP contribution < -0.4 is 21.5 Å². The summed E-state index contributed by atoms with van der Waals surface area (Å²) < 4.78 is 27.5. The number of carbonyl (C=O) groups is 2. The first-order valence-electron chi connectivity index (χ1n) is 7.56. The average molecular weight is 324 g/mol. The molecule has 1 saturated heterocycles. The summed E-state index contributed by atoms with van der Waals surface area (Å²) in [4.78, 5) is 23.2. The molecule has 1 aromatic carbocycles. The maximum absolute atomic E-state index is 13.7. The van der Waals surface area contributed by atoms with Gasteiger partial charge in [0.25, 0.3) is 0 Å². The van der Waals surface area contributed by atoms with E-state index in [1.54, 1.807) is 0 Å². The van der Waals surface area contributed by atoms with E-state index in [0.717, 1.165) is 12.8 Å². The third-order valence-corrected chi connectivity index (χ3v) is 3.96. The van der Waals surface area contributed by atoms with Crippen LogP contribution in [-0.4, -0.2) is 24.5 Å². The lowest BCUT2D eigenvalue weighted by atomic mass is 10.0. The number of benzene rings is 1. The Kier molecular flexibility index (Phi) is 4.53. The van der Waals surface area contributed by atoms with Crippen molar-refractivity contribution < 1.29 is 18.4 Å². The van der Waals surface area contributed by atoms with Crippen molar-refractivity contribution in [2.75, 3.05) is 6.54 Å². The fourth-order valence-electron chi connectivity index (χ4n) is 2.59. The van der Waals surface area contributed by atoms with Crippen molar-refractivity contribution in [2.24, 2.45) is 5.92 Å². The van der Waals surface area contributed by atoms with E-state index in [1.807, 2.05) is 0 Å². The second-order valence-corrected chi connectivity index (χ2v) is 5.82. The first-order chi connectivity index (χ1) is 11.0. The molecular formula is C15H18F2N4O2. The van der Waals surface area contributed by atoms with Crippen LogP contribution in [0.3, 0.4) is 0 Å². The van der Waals surface area contributed by atoms with Crippen LogP contribution in [0, 0.1) is 17.6 Å². The van der Waals surface area contributed by atoms with Crippen molar-refractivity contribution in [2.45, 2.75) is 31.5 Å². The molecule has 6 nitrogen and oxygen atoms in total. The Hall–Kier alpha value is -2.06. The van der Waals surface area contributed by atoms with Gasteiger partial charge in [-0.2, -0.15) is 0 Å². The van der Waals surface area contributed by atoms with Gasteiger partial charge in [-0.3, -0.25) is 9.59 Å². The number of hydrogen-bond acceptors (Lipinski definition) is 4. The first-order valence-corrected chi connectivity index (χ1v) is 7.56. The summed E-state index contributed by atoms with van der Waals surface area (Å²) in [6.45, 7) is -0.105. The molecule has 0 radical (unpaired) electrons. The molecule has 1 aliphatic heterocycles. The minimum absolute atomic E-state index is 0.0440. The minimum Gasteiger partial charge on any atom is -0.347 e. The zero-order valence-corrected chi connectivity index (χ0v) is 12.4. The Morgan fingerprint density at radius 2 is 1.87 bits per heavy atom. The summed E-state index contributed by atoms with van der Waals surface area (Å²) in [6, 6.07) is 3.11. The van der Waals surface area contributed by atoms with Gasteiger partial charge in [0.2, 0.25) is 11.8 Å². The van der Waals surface area contributed by atoms with Gasteiger partial charge in [-0.25, -0.2) is 19.6 Å². The van der Waals surface area contributed by atoms with Gasteiger partial charge < -0.3 is 10.6 Å². The number of rotatable bonds is 5. The van der Waals surface area contributed by atoms with Crippen LogP contribution in [-0.2, 0) is 9.59 Å². The molecule has 2 aliphatic rings. The highest BCUT2D eigenvalue weighted by Gasteiger charge is 2.31. The Morgan fingerprint density at radius 3 is 2.52 bits per heavy atom. The van der Waals surface area contributed by atoms with Crippen LogP contribution in [0.1, 0.15) is 30.9 Å². The SMILES string of the molecule is O=C(CNC(=O)C1CC1)NC1CC(c2c(F)cccc2F)NN1. The minimum atomic E-state index is -0.632. The fraction of sp³-hybridized carbons (Fsp3) is 0.467. The third kappa shape index (κ3) is 3.83. The lowest BCUT2D eigenvalue weighted by molar-refractivity contribution is -0.127. The summed E-state index contributed by atoms with van der Waals surface area (Å²) in [5.41, 5.74) is 5.50. The van der Waals surface area contributed by atoms with Crippen molar-refractivity contribution in [1.29, 1.82) is 0 Å². The van der Waals surface area contributed by atoms with E-state index < -0.39 is 23.8 Å². The van der Waals surface area contributed by atoms with Crippen molar-refractivity contribution in [3.8, 4) is 0 Å². The van der Waals surface area contributed by atoms with E-state index in [9.17, 15) is 18.4 Å². The number of halogens is 2. The molecule has 2 amide bonds. The molecule has 0 bridgehead atoms. The number of nitrogens with one attached hydrogen (secondary N) is 4. The van der Waals surface area contributed by atoms with Gasteiger partial charge in [-0.05, 0) is 25.0 Å². The third-order valence-electron chi connectivity index (χ3n) is 3.96. The van der Waals surface area contributed by atoms with E-state index in [4.69, 9.17) is 0 Å². The normalized spacial score (nSPS) is 23.6. The highest BCUT2D eigenvalue weighted by Crippen LogP contribution is 2.28. The molecule has 124 valence electrons. The Bertz CT molecular complexity index is 601. The molecule has 3 rings (SSSR count). The predicted molar refractivity (Wildman–Crippen MR) is 77.7 cm³/mol. The summed E-state index contributed by atoms with van der Waals surface area (Å²) in [5.74, 6) is -1.68. The van der Waals surface area contributed by atoms with Crippen LogP contribution >= 0.6 is 0 Å². The standard InChI is InChI=1S/C15H18F2N4O2/c16-9-2-1-3-10(17)14(9)11-6-12(21-20-11)19-13(22)7-18-15(23)8-4-5-8/h1-3,8,11-12,20-21H,4-7H2,(H,18,23)(H,19,22). The van der Waals surface area contributed by atoms with Gasteiger partial charge in [0.05, 0.1) is 18.8 Å². The van der Waals surface area contributed by atoms with Gasteiger partial charge in [0.1, 0.15) is 11.6 Å². The van der Waals surface area contributed by atoms with E-state index in [0.29, 0.717) is 6.42 Å². The maximum atomic E-state index is 13.7. The molecule has 0 spiro atoms. The van der Waals surface area contributed by atoms with Crippen LogP contribution in [0.5, 0.6) is 0 Å². The van der Waals surface area contributed by atoms with E-state index in [2.05, 4.69) is 21.5 Å². The topological polar surface area (TPSA) is 82.3 Å². The highest BCUT2D eigenvalue weighted by molar-refractivity contribution is 5.86. The highest BCUT2D eigenvalue weighted by atomic mass is 19.1. The largest absolute Gasteiger partial charge is 0.347 e. The van der Waals surface area contributed by atoms with Crippen LogP contribution in [0.4, 0.5) is 8.78 Å². The monoisotopic (exact) mass is 324 g/mol. The molecule has 23 heavy (non-hydrogen) atoms. The first kappa shape index (κ1) is 15.8. The van der Waals surface area contributed by atoms with Gasteiger partial charge in [0, 0.05) is 17.9 Å². The van der Waals surface area contributed by atoms with Crippen molar-refractivity contribution >= 4 is 11.8 Å². The Morgan fingerprint density at radius 1 is 1.17 bits per heavy atom. The Labute approximate surface area is 132 Å². The summed E-state index contributed by atoms with van der Waals surface area (Å²) in [7, 11) is 0. The number of hydrazine groups is 1. The predicted octanol–water partition coefficient (Wildman–Crippen LogP) is 0.472. The molecule has 0 aromatic heterocycles. The zero-order chi connectivity index (χ0) is 16.4. The van der Waals surface area contributed by atoms with E-state index >= 15 is 0 Å². The number of carbonyl (C=O) groups excluding carboxylic acids is 2. The summed E-state index contributed by atoms with van der Waals surface area (Å²) >= 11 is 0. The zero-order valence-electron chi connectivity index (χ0n) is 12.4. The molecule has 2 unspecified atom stereocenters.